The Balaban J connectivity index is 1.88. The lowest BCUT2D eigenvalue weighted by Gasteiger charge is -2.11. The highest BCUT2D eigenvalue weighted by Crippen LogP contribution is 2.14. The van der Waals surface area contributed by atoms with Crippen molar-refractivity contribution in [3.63, 3.8) is 0 Å². The number of ether oxygens (including phenoxy) is 1. The predicted molar refractivity (Wildman–Crippen MR) is 83.7 cm³/mol. The van der Waals surface area contributed by atoms with Gasteiger partial charge in [-0.2, -0.15) is 0 Å². The third-order valence-electron chi connectivity index (χ3n) is 3.07. The fraction of sp³-hybridized carbons (Fsp3) is 0.357. The molecular weight excluding hydrogens is 306 g/mol. The van der Waals surface area contributed by atoms with Crippen LogP contribution in [0.2, 0.25) is 0 Å². The van der Waals surface area contributed by atoms with Gasteiger partial charge in [0.2, 0.25) is 5.91 Å². The average Bonchev–Trinajstić information content (AvgIpc) is 3.07. The fourth-order valence-corrected chi connectivity index (χ4v) is 2.77. The zero-order valence-corrected chi connectivity index (χ0v) is 12.9. The molecule has 2 amide bonds. The van der Waals surface area contributed by atoms with E-state index in [0.717, 1.165) is 11.6 Å². The lowest BCUT2D eigenvalue weighted by Crippen LogP contribution is -2.37. The van der Waals surface area contributed by atoms with Crippen LogP contribution in [0.4, 0.5) is 5.69 Å². The predicted octanol–water partition coefficient (Wildman–Crippen LogP) is 0.190. The zero-order valence-electron chi connectivity index (χ0n) is 12.0. The second-order valence-corrected chi connectivity index (χ2v) is 5.63. The number of thioether (sulfide) groups is 1. The molecule has 3 N–H and O–H groups in total. The Morgan fingerprint density at radius 1 is 1.32 bits per heavy atom. The van der Waals surface area contributed by atoms with E-state index in [9.17, 15) is 14.4 Å². The van der Waals surface area contributed by atoms with Crippen molar-refractivity contribution in [2.24, 2.45) is 0 Å². The monoisotopic (exact) mass is 323 g/mol. The van der Waals surface area contributed by atoms with Crippen molar-refractivity contribution in [1.82, 2.24) is 10.6 Å². The summed E-state index contributed by atoms with van der Waals surface area (Å²) in [5.74, 6) is 0.543. The molecule has 1 aromatic rings. The van der Waals surface area contributed by atoms with Crippen LogP contribution in [0.5, 0.6) is 0 Å². The van der Waals surface area contributed by atoms with Crippen LogP contribution in [-0.4, -0.2) is 49.1 Å². The van der Waals surface area contributed by atoms with Gasteiger partial charge < -0.3 is 15.4 Å². The maximum atomic E-state index is 11.9. The van der Waals surface area contributed by atoms with Crippen molar-refractivity contribution in [2.75, 3.05) is 30.6 Å². The van der Waals surface area contributed by atoms with Crippen molar-refractivity contribution >= 4 is 35.2 Å². The van der Waals surface area contributed by atoms with Crippen LogP contribution in [0.1, 0.15) is 10.4 Å². The molecule has 0 saturated carbocycles. The SMILES string of the molecule is COC(=O)CNC(=O)c1ccc(NC(=O)C2CSCN2)cc1. The Morgan fingerprint density at radius 3 is 2.64 bits per heavy atom. The Labute approximate surface area is 132 Å². The molecule has 1 heterocycles. The molecule has 0 radical (unpaired) electrons. The van der Waals surface area contributed by atoms with Crippen LogP contribution in [0.3, 0.4) is 0 Å². The van der Waals surface area contributed by atoms with E-state index >= 15 is 0 Å². The normalized spacial score (nSPS) is 16.9. The second kappa shape index (κ2) is 7.81. The van der Waals surface area contributed by atoms with Crippen molar-refractivity contribution in [3.8, 4) is 0 Å². The number of esters is 1. The summed E-state index contributed by atoms with van der Waals surface area (Å²) in [6.45, 7) is -0.182. The van der Waals surface area contributed by atoms with E-state index < -0.39 is 5.97 Å². The topological polar surface area (TPSA) is 96.5 Å². The Kier molecular flexibility index (Phi) is 5.79. The van der Waals surface area contributed by atoms with Gasteiger partial charge in [-0.3, -0.25) is 19.7 Å². The van der Waals surface area contributed by atoms with Crippen molar-refractivity contribution in [1.29, 1.82) is 0 Å². The minimum absolute atomic E-state index is 0.0899. The van der Waals surface area contributed by atoms with E-state index in [2.05, 4.69) is 20.7 Å². The van der Waals surface area contributed by atoms with E-state index in [1.807, 2.05) is 0 Å². The molecule has 2 rings (SSSR count). The molecular formula is C14H17N3O4S. The largest absolute Gasteiger partial charge is 0.468 e. The van der Waals surface area contributed by atoms with Gasteiger partial charge >= 0.3 is 5.97 Å². The van der Waals surface area contributed by atoms with Gasteiger partial charge in [-0.25, -0.2) is 0 Å². The molecule has 1 aliphatic rings. The third-order valence-corrected chi connectivity index (χ3v) is 4.01. The molecule has 1 fully saturated rings. The lowest BCUT2D eigenvalue weighted by molar-refractivity contribution is -0.139. The molecule has 0 spiro atoms. The second-order valence-electron chi connectivity index (χ2n) is 4.60. The van der Waals surface area contributed by atoms with E-state index in [1.54, 1.807) is 36.0 Å². The first-order valence-electron chi connectivity index (χ1n) is 6.67. The molecule has 8 heteroatoms. The summed E-state index contributed by atoms with van der Waals surface area (Å²) < 4.78 is 4.44. The number of nitrogens with one attached hydrogen (secondary N) is 3. The number of methoxy groups -OCH3 is 1. The number of carbonyl (C=O) groups is 3. The highest BCUT2D eigenvalue weighted by molar-refractivity contribution is 7.99. The number of hydrogen-bond acceptors (Lipinski definition) is 6. The number of hydrogen-bond donors (Lipinski definition) is 3. The molecule has 0 aliphatic carbocycles. The van der Waals surface area contributed by atoms with Gasteiger partial charge in [0.15, 0.2) is 0 Å². The maximum Gasteiger partial charge on any atom is 0.325 e. The number of amides is 2. The first-order chi connectivity index (χ1) is 10.6. The summed E-state index contributed by atoms with van der Waals surface area (Å²) in [5.41, 5.74) is 1.02. The average molecular weight is 323 g/mol. The van der Waals surface area contributed by atoms with E-state index in [0.29, 0.717) is 11.3 Å². The van der Waals surface area contributed by atoms with E-state index in [-0.39, 0.29) is 24.4 Å². The van der Waals surface area contributed by atoms with E-state index in [4.69, 9.17) is 0 Å². The highest BCUT2D eigenvalue weighted by Gasteiger charge is 2.22. The molecule has 0 aromatic heterocycles. The van der Waals surface area contributed by atoms with Crippen molar-refractivity contribution in [3.05, 3.63) is 29.8 Å². The quantitative estimate of drug-likeness (QED) is 0.670. The van der Waals surface area contributed by atoms with Gasteiger partial charge in [-0.15, -0.1) is 11.8 Å². The van der Waals surface area contributed by atoms with Crippen LogP contribution in [0.15, 0.2) is 24.3 Å². The van der Waals surface area contributed by atoms with Crippen LogP contribution in [0.25, 0.3) is 0 Å². The Hall–Kier alpha value is -2.06. The summed E-state index contributed by atoms with van der Waals surface area (Å²) in [6, 6.07) is 6.27. The van der Waals surface area contributed by atoms with Gasteiger partial charge in [0.25, 0.3) is 5.91 Å². The van der Waals surface area contributed by atoms with Gasteiger partial charge in [0.1, 0.15) is 6.54 Å². The molecule has 0 bridgehead atoms. The summed E-state index contributed by atoms with van der Waals surface area (Å²) in [4.78, 5) is 34.7. The summed E-state index contributed by atoms with van der Waals surface area (Å²) in [7, 11) is 1.25. The van der Waals surface area contributed by atoms with Gasteiger partial charge in [0, 0.05) is 22.9 Å². The standard InChI is InChI=1S/C14H17N3O4S/c1-21-12(18)6-15-13(19)9-2-4-10(5-3-9)17-14(20)11-7-22-8-16-11/h2-5,11,16H,6-8H2,1H3,(H,15,19)(H,17,20). The van der Waals surface area contributed by atoms with Crippen molar-refractivity contribution in [2.45, 2.75) is 6.04 Å². The fourth-order valence-electron chi connectivity index (χ4n) is 1.82. The first kappa shape index (κ1) is 16.3. The van der Waals surface area contributed by atoms with Crippen LogP contribution in [0, 0.1) is 0 Å². The maximum absolute atomic E-state index is 11.9. The minimum Gasteiger partial charge on any atom is -0.468 e. The number of anilines is 1. The number of benzene rings is 1. The summed E-state index contributed by atoms with van der Waals surface area (Å²) in [6.07, 6.45) is 0. The van der Waals surface area contributed by atoms with Gasteiger partial charge in [0.05, 0.1) is 13.2 Å². The Morgan fingerprint density at radius 2 is 2.05 bits per heavy atom. The first-order valence-corrected chi connectivity index (χ1v) is 7.82. The molecule has 22 heavy (non-hydrogen) atoms. The third kappa shape index (κ3) is 4.47. The summed E-state index contributed by atoms with van der Waals surface area (Å²) in [5, 5.41) is 8.31. The highest BCUT2D eigenvalue weighted by atomic mass is 32.2. The molecule has 1 aromatic carbocycles. The van der Waals surface area contributed by atoms with Crippen LogP contribution >= 0.6 is 11.8 Å². The molecule has 1 unspecified atom stereocenters. The van der Waals surface area contributed by atoms with Gasteiger partial charge in [-0.1, -0.05) is 0 Å². The Bertz CT molecular complexity index is 556. The number of carbonyl (C=O) groups excluding carboxylic acids is 3. The molecule has 7 nitrogen and oxygen atoms in total. The number of rotatable bonds is 5. The molecule has 1 atom stereocenters. The lowest BCUT2D eigenvalue weighted by atomic mass is 10.2. The molecule has 1 aliphatic heterocycles. The molecule has 1 saturated heterocycles. The summed E-state index contributed by atoms with van der Waals surface area (Å²) >= 11 is 1.67. The van der Waals surface area contributed by atoms with Crippen LogP contribution in [-0.2, 0) is 14.3 Å². The molecule has 118 valence electrons. The zero-order chi connectivity index (χ0) is 15.9. The van der Waals surface area contributed by atoms with E-state index in [1.165, 1.54) is 7.11 Å². The smallest absolute Gasteiger partial charge is 0.325 e. The van der Waals surface area contributed by atoms with Gasteiger partial charge in [-0.05, 0) is 24.3 Å². The van der Waals surface area contributed by atoms with Crippen molar-refractivity contribution < 1.29 is 19.1 Å². The minimum atomic E-state index is -0.515. The van der Waals surface area contributed by atoms with Crippen LogP contribution < -0.4 is 16.0 Å².